The van der Waals surface area contributed by atoms with E-state index >= 15 is 0 Å². The van der Waals surface area contributed by atoms with Gasteiger partial charge in [0.25, 0.3) is 0 Å². The first-order valence-corrected chi connectivity index (χ1v) is 9.07. The van der Waals surface area contributed by atoms with E-state index in [1.165, 1.54) is 29.3 Å². The molecule has 2 saturated heterocycles. The SMILES string of the molecule is O=C(CN1CCCC1)N1CCN(Cc2cccc3[nH]ccc23)CC1. The topological polar surface area (TPSA) is 42.6 Å². The largest absolute Gasteiger partial charge is 0.361 e. The first-order chi connectivity index (χ1) is 11.8. The van der Waals surface area contributed by atoms with Gasteiger partial charge in [-0.3, -0.25) is 14.6 Å². The van der Waals surface area contributed by atoms with E-state index in [0.29, 0.717) is 12.5 Å². The quantitative estimate of drug-likeness (QED) is 0.933. The molecule has 1 N–H and O–H groups in total. The van der Waals surface area contributed by atoms with Gasteiger partial charge in [0.1, 0.15) is 0 Å². The molecule has 3 heterocycles. The summed E-state index contributed by atoms with van der Waals surface area (Å²) in [5.74, 6) is 0.310. The van der Waals surface area contributed by atoms with Gasteiger partial charge in [0.15, 0.2) is 0 Å². The van der Waals surface area contributed by atoms with Crippen LogP contribution >= 0.6 is 0 Å². The number of piperazine rings is 1. The number of hydrogen-bond acceptors (Lipinski definition) is 3. The average Bonchev–Trinajstić information content (AvgIpc) is 3.27. The lowest BCUT2D eigenvalue weighted by Gasteiger charge is -2.35. The van der Waals surface area contributed by atoms with Crippen molar-refractivity contribution in [1.82, 2.24) is 19.7 Å². The minimum Gasteiger partial charge on any atom is -0.361 e. The Kier molecular flexibility index (Phi) is 4.54. The van der Waals surface area contributed by atoms with Crippen LogP contribution in [0.2, 0.25) is 0 Å². The highest BCUT2D eigenvalue weighted by atomic mass is 16.2. The van der Waals surface area contributed by atoms with Crippen LogP contribution in [0.25, 0.3) is 10.9 Å². The molecule has 1 aromatic carbocycles. The average molecular weight is 326 g/mol. The van der Waals surface area contributed by atoms with Gasteiger partial charge >= 0.3 is 0 Å². The van der Waals surface area contributed by atoms with Crippen LogP contribution in [0.3, 0.4) is 0 Å². The van der Waals surface area contributed by atoms with Gasteiger partial charge in [0.05, 0.1) is 6.54 Å². The van der Waals surface area contributed by atoms with Gasteiger partial charge in [-0.25, -0.2) is 0 Å². The van der Waals surface area contributed by atoms with Crippen molar-refractivity contribution in [2.24, 2.45) is 0 Å². The number of amides is 1. The van der Waals surface area contributed by atoms with Gasteiger partial charge in [0.2, 0.25) is 5.91 Å². The summed E-state index contributed by atoms with van der Waals surface area (Å²) in [7, 11) is 0. The Morgan fingerprint density at radius 1 is 0.958 bits per heavy atom. The molecular formula is C19H26N4O. The summed E-state index contributed by atoms with van der Waals surface area (Å²) in [6, 6.07) is 8.60. The maximum Gasteiger partial charge on any atom is 0.236 e. The molecule has 0 bridgehead atoms. The molecule has 0 spiro atoms. The van der Waals surface area contributed by atoms with Gasteiger partial charge in [-0.15, -0.1) is 0 Å². The lowest BCUT2D eigenvalue weighted by molar-refractivity contribution is -0.134. The smallest absolute Gasteiger partial charge is 0.236 e. The highest BCUT2D eigenvalue weighted by molar-refractivity contribution is 5.82. The molecular weight excluding hydrogens is 300 g/mol. The number of fused-ring (bicyclic) bond motifs is 1. The Morgan fingerprint density at radius 3 is 2.54 bits per heavy atom. The maximum atomic E-state index is 12.4. The molecule has 1 aromatic heterocycles. The summed E-state index contributed by atoms with van der Waals surface area (Å²) < 4.78 is 0. The fraction of sp³-hybridized carbons (Fsp3) is 0.526. The Labute approximate surface area is 143 Å². The molecule has 2 aliphatic heterocycles. The number of hydrogen-bond donors (Lipinski definition) is 1. The molecule has 5 heteroatoms. The highest BCUT2D eigenvalue weighted by Crippen LogP contribution is 2.19. The first-order valence-electron chi connectivity index (χ1n) is 9.07. The highest BCUT2D eigenvalue weighted by Gasteiger charge is 2.24. The number of carbonyl (C=O) groups is 1. The van der Waals surface area contributed by atoms with Gasteiger partial charge in [0, 0.05) is 49.8 Å². The van der Waals surface area contributed by atoms with Crippen LogP contribution in [0.4, 0.5) is 0 Å². The van der Waals surface area contributed by atoms with Crippen LogP contribution < -0.4 is 0 Å². The molecule has 0 saturated carbocycles. The van der Waals surface area contributed by atoms with Crippen molar-refractivity contribution in [2.75, 3.05) is 45.8 Å². The monoisotopic (exact) mass is 326 g/mol. The number of benzene rings is 1. The van der Waals surface area contributed by atoms with E-state index in [2.05, 4.69) is 39.0 Å². The summed E-state index contributed by atoms with van der Waals surface area (Å²) in [6.07, 6.45) is 4.49. The zero-order valence-corrected chi connectivity index (χ0v) is 14.2. The van der Waals surface area contributed by atoms with Crippen LogP contribution in [0.5, 0.6) is 0 Å². The van der Waals surface area contributed by atoms with Crippen LogP contribution in [-0.2, 0) is 11.3 Å². The molecule has 4 rings (SSSR count). The zero-order valence-electron chi connectivity index (χ0n) is 14.2. The summed E-state index contributed by atoms with van der Waals surface area (Å²) in [5, 5.41) is 1.31. The zero-order chi connectivity index (χ0) is 16.4. The molecule has 2 aromatic rings. The van der Waals surface area contributed by atoms with Gasteiger partial charge in [-0.2, -0.15) is 0 Å². The number of rotatable bonds is 4. The minimum absolute atomic E-state index is 0.310. The van der Waals surface area contributed by atoms with Crippen LogP contribution in [0, 0.1) is 0 Å². The van der Waals surface area contributed by atoms with E-state index in [4.69, 9.17) is 0 Å². The minimum atomic E-state index is 0.310. The lowest BCUT2D eigenvalue weighted by Crippen LogP contribution is -2.50. The molecule has 0 atom stereocenters. The van der Waals surface area contributed by atoms with Crippen molar-refractivity contribution in [3.63, 3.8) is 0 Å². The number of likely N-dealkylation sites (tertiary alicyclic amines) is 1. The van der Waals surface area contributed by atoms with Crippen LogP contribution in [0.15, 0.2) is 30.5 Å². The third-order valence-electron chi connectivity index (χ3n) is 5.36. The second kappa shape index (κ2) is 6.95. The summed E-state index contributed by atoms with van der Waals surface area (Å²) in [6.45, 7) is 7.40. The maximum absolute atomic E-state index is 12.4. The molecule has 5 nitrogen and oxygen atoms in total. The predicted octanol–water partition coefficient (Wildman–Crippen LogP) is 1.91. The Hall–Kier alpha value is -1.85. The van der Waals surface area contributed by atoms with Crippen molar-refractivity contribution in [3.8, 4) is 0 Å². The van der Waals surface area contributed by atoms with Crippen molar-refractivity contribution >= 4 is 16.8 Å². The molecule has 24 heavy (non-hydrogen) atoms. The fourth-order valence-electron chi connectivity index (χ4n) is 3.92. The van der Waals surface area contributed by atoms with Gasteiger partial charge in [-0.05, 0) is 43.6 Å². The van der Waals surface area contributed by atoms with Gasteiger partial charge < -0.3 is 9.88 Å². The second-order valence-corrected chi connectivity index (χ2v) is 7.00. The second-order valence-electron chi connectivity index (χ2n) is 7.00. The Morgan fingerprint density at radius 2 is 1.75 bits per heavy atom. The molecule has 2 aliphatic rings. The number of H-pyrrole nitrogens is 1. The van der Waals surface area contributed by atoms with E-state index in [9.17, 15) is 4.79 Å². The molecule has 0 aliphatic carbocycles. The molecule has 0 unspecified atom stereocenters. The van der Waals surface area contributed by atoms with Crippen molar-refractivity contribution in [1.29, 1.82) is 0 Å². The molecule has 128 valence electrons. The normalized spacial score (nSPS) is 20.1. The van der Waals surface area contributed by atoms with E-state index in [1.54, 1.807) is 0 Å². The molecule has 0 radical (unpaired) electrons. The molecule has 2 fully saturated rings. The van der Waals surface area contributed by atoms with E-state index in [0.717, 1.165) is 45.8 Å². The number of carbonyl (C=O) groups excluding carboxylic acids is 1. The number of aromatic amines is 1. The van der Waals surface area contributed by atoms with E-state index < -0.39 is 0 Å². The number of aromatic nitrogens is 1. The molecule has 1 amide bonds. The standard InChI is InChI=1S/C19H26N4O/c24-19(15-21-8-1-2-9-21)23-12-10-22(11-13-23)14-16-4-3-5-18-17(16)6-7-20-18/h3-7,20H,1-2,8-15H2. The lowest BCUT2D eigenvalue weighted by atomic mass is 10.1. The summed E-state index contributed by atoms with van der Waals surface area (Å²) in [4.78, 5) is 22.5. The first kappa shape index (κ1) is 15.7. The van der Waals surface area contributed by atoms with Crippen LogP contribution in [0.1, 0.15) is 18.4 Å². The fourth-order valence-corrected chi connectivity index (χ4v) is 3.92. The third kappa shape index (κ3) is 3.32. The summed E-state index contributed by atoms with van der Waals surface area (Å²) >= 11 is 0. The predicted molar refractivity (Wildman–Crippen MR) is 95.8 cm³/mol. The number of nitrogens with zero attached hydrogens (tertiary/aromatic N) is 3. The van der Waals surface area contributed by atoms with Crippen molar-refractivity contribution in [3.05, 3.63) is 36.0 Å². The van der Waals surface area contributed by atoms with Crippen molar-refractivity contribution in [2.45, 2.75) is 19.4 Å². The number of nitrogens with one attached hydrogen (secondary N) is 1. The van der Waals surface area contributed by atoms with Crippen molar-refractivity contribution < 1.29 is 4.79 Å². The van der Waals surface area contributed by atoms with E-state index in [-0.39, 0.29) is 0 Å². The Bertz CT molecular complexity index is 696. The Balaban J connectivity index is 1.31. The summed E-state index contributed by atoms with van der Waals surface area (Å²) in [5.41, 5.74) is 2.57. The van der Waals surface area contributed by atoms with Gasteiger partial charge in [-0.1, -0.05) is 12.1 Å². The van der Waals surface area contributed by atoms with E-state index in [1.807, 2.05) is 11.1 Å². The third-order valence-corrected chi connectivity index (χ3v) is 5.36. The van der Waals surface area contributed by atoms with Crippen LogP contribution in [-0.4, -0.2) is 71.4 Å².